The van der Waals surface area contributed by atoms with Gasteiger partial charge in [-0.05, 0) is 58.2 Å². The van der Waals surface area contributed by atoms with Gasteiger partial charge in [0.1, 0.15) is 0 Å². The molecule has 0 aliphatic rings. The van der Waals surface area contributed by atoms with Gasteiger partial charge >= 0.3 is 0 Å². The van der Waals surface area contributed by atoms with E-state index in [2.05, 4.69) is 44.3 Å². The Morgan fingerprint density at radius 3 is 2.59 bits per heavy atom. The fourth-order valence-corrected chi connectivity index (χ4v) is 2.05. The summed E-state index contributed by atoms with van der Waals surface area (Å²) in [5.74, 6) is 0. The second-order valence-electron chi connectivity index (χ2n) is 5.03. The van der Waals surface area contributed by atoms with Crippen LogP contribution in [0.2, 0.25) is 0 Å². The summed E-state index contributed by atoms with van der Waals surface area (Å²) in [5, 5.41) is 12.7. The van der Waals surface area contributed by atoms with Crippen LogP contribution in [0.15, 0.2) is 18.2 Å². The predicted octanol–water partition coefficient (Wildman–Crippen LogP) is 3.12. The van der Waals surface area contributed by atoms with Gasteiger partial charge in [0.15, 0.2) is 0 Å². The average molecular weight is 235 g/mol. The normalized spacial score (nSPS) is 14.6. The monoisotopic (exact) mass is 235 g/mol. The maximum atomic E-state index is 9.19. The van der Waals surface area contributed by atoms with Crippen molar-refractivity contribution in [1.82, 2.24) is 5.32 Å². The van der Waals surface area contributed by atoms with Gasteiger partial charge in [0, 0.05) is 6.04 Å². The minimum atomic E-state index is -0.187. The summed E-state index contributed by atoms with van der Waals surface area (Å²) in [6.45, 7) is 9.28. The molecule has 1 aromatic carbocycles. The van der Waals surface area contributed by atoms with E-state index in [-0.39, 0.29) is 6.10 Å². The smallest absolute Gasteiger partial charge is 0.0512 e. The van der Waals surface area contributed by atoms with E-state index in [1.165, 1.54) is 16.7 Å². The van der Waals surface area contributed by atoms with Gasteiger partial charge in [-0.3, -0.25) is 0 Å². The van der Waals surface area contributed by atoms with Crippen molar-refractivity contribution < 1.29 is 5.11 Å². The lowest BCUT2D eigenvalue weighted by Crippen LogP contribution is -2.21. The molecule has 0 amide bonds. The Morgan fingerprint density at radius 2 is 1.94 bits per heavy atom. The molecule has 2 atom stereocenters. The van der Waals surface area contributed by atoms with Gasteiger partial charge in [0.05, 0.1) is 6.10 Å². The first-order chi connectivity index (χ1) is 8.00. The molecule has 0 bridgehead atoms. The lowest BCUT2D eigenvalue weighted by atomic mass is 10.00. The van der Waals surface area contributed by atoms with Crippen molar-refractivity contribution >= 4 is 0 Å². The third kappa shape index (κ3) is 4.88. The molecule has 2 N–H and O–H groups in total. The zero-order valence-corrected chi connectivity index (χ0v) is 11.5. The molecule has 0 aliphatic heterocycles. The van der Waals surface area contributed by atoms with Gasteiger partial charge in [-0.2, -0.15) is 0 Å². The molecule has 1 aromatic rings. The van der Waals surface area contributed by atoms with Crippen LogP contribution in [0.1, 0.15) is 49.4 Å². The van der Waals surface area contributed by atoms with Crippen LogP contribution >= 0.6 is 0 Å². The fourth-order valence-electron chi connectivity index (χ4n) is 2.05. The number of hydrogen-bond donors (Lipinski definition) is 2. The van der Waals surface area contributed by atoms with Gasteiger partial charge in [-0.15, -0.1) is 0 Å². The molecule has 0 saturated heterocycles. The van der Waals surface area contributed by atoms with Crippen LogP contribution in [-0.2, 0) is 0 Å². The molecular formula is C15H25NO. The molecule has 0 radical (unpaired) electrons. The van der Waals surface area contributed by atoms with Crippen molar-refractivity contribution in [2.24, 2.45) is 0 Å². The topological polar surface area (TPSA) is 32.3 Å². The first kappa shape index (κ1) is 14.2. The summed E-state index contributed by atoms with van der Waals surface area (Å²) in [6.07, 6.45) is 1.70. The highest BCUT2D eigenvalue weighted by atomic mass is 16.3. The summed E-state index contributed by atoms with van der Waals surface area (Å²) < 4.78 is 0. The summed E-state index contributed by atoms with van der Waals surface area (Å²) in [6, 6.07) is 6.96. The van der Waals surface area contributed by atoms with Gasteiger partial charge < -0.3 is 10.4 Å². The number of aliphatic hydroxyl groups is 1. The van der Waals surface area contributed by atoms with Crippen molar-refractivity contribution in [1.29, 1.82) is 0 Å². The van der Waals surface area contributed by atoms with Crippen LogP contribution in [0.25, 0.3) is 0 Å². The highest BCUT2D eigenvalue weighted by molar-refractivity contribution is 5.32. The molecule has 2 heteroatoms. The van der Waals surface area contributed by atoms with Crippen LogP contribution in [0.4, 0.5) is 0 Å². The minimum absolute atomic E-state index is 0.187. The third-order valence-corrected chi connectivity index (χ3v) is 3.15. The van der Waals surface area contributed by atoms with Crippen molar-refractivity contribution in [2.45, 2.75) is 52.7 Å². The number of hydrogen-bond acceptors (Lipinski definition) is 2. The number of benzene rings is 1. The van der Waals surface area contributed by atoms with Crippen LogP contribution in [-0.4, -0.2) is 17.8 Å². The lowest BCUT2D eigenvalue weighted by Gasteiger charge is -2.17. The molecule has 17 heavy (non-hydrogen) atoms. The largest absolute Gasteiger partial charge is 0.393 e. The molecule has 96 valence electrons. The van der Waals surface area contributed by atoms with Crippen LogP contribution in [0.5, 0.6) is 0 Å². The number of aliphatic hydroxyl groups excluding tert-OH is 1. The van der Waals surface area contributed by atoms with E-state index < -0.39 is 0 Å². The first-order valence-electron chi connectivity index (χ1n) is 6.49. The Morgan fingerprint density at radius 1 is 1.24 bits per heavy atom. The SMILES string of the molecule is Cc1ccc(C)c(C(C)NCCCC(C)O)c1. The molecule has 0 heterocycles. The molecule has 0 fully saturated rings. The van der Waals surface area contributed by atoms with Crippen LogP contribution in [0.3, 0.4) is 0 Å². The van der Waals surface area contributed by atoms with Crippen molar-refractivity contribution in [3.63, 3.8) is 0 Å². The maximum absolute atomic E-state index is 9.19. The fraction of sp³-hybridized carbons (Fsp3) is 0.600. The second kappa shape index (κ2) is 6.77. The first-order valence-corrected chi connectivity index (χ1v) is 6.49. The highest BCUT2D eigenvalue weighted by Crippen LogP contribution is 2.18. The third-order valence-electron chi connectivity index (χ3n) is 3.15. The summed E-state index contributed by atoms with van der Waals surface area (Å²) in [4.78, 5) is 0. The molecule has 1 rings (SSSR count). The zero-order chi connectivity index (χ0) is 12.8. The molecular weight excluding hydrogens is 210 g/mol. The van der Waals surface area contributed by atoms with Crippen LogP contribution in [0, 0.1) is 13.8 Å². The van der Waals surface area contributed by atoms with E-state index in [1.807, 2.05) is 6.92 Å². The quantitative estimate of drug-likeness (QED) is 0.743. The van der Waals surface area contributed by atoms with Gasteiger partial charge in [-0.1, -0.05) is 23.8 Å². The molecule has 0 aromatic heterocycles. The van der Waals surface area contributed by atoms with Crippen molar-refractivity contribution in [3.8, 4) is 0 Å². The number of nitrogens with one attached hydrogen (secondary N) is 1. The Kier molecular flexibility index (Phi) is 5.66. The average Bonchev–Trinajstić information content (AvgIpc) is 2.27. The Labute approximate surface area is 105 Å². The Bertz CT molecular complexity index is 347. The standard InChI is InChI=1S/C15H25NO/c1-11-7-8-12(2)15(10-11)14(4)16-9-5-6-13(3)17/h7-8,10,13-14,16-17H,5-6,9H2,1-4H3. The van der Waals surface area contributed by atoms with E-state index in [9.17, 15) is 5.11 Å². The highest BCUT2D eigenvalue weighted by Gasteiger charge is 2.07. The van der Waals surface area contributed by atoms with Gasteiger partial charge in [0.2, 0.25) is 0 Å². The van der Waals surface area contributed by atoms with E-state index >= 15 is 0 Å². The van der Waals surface area contributed by atoms with Crippen LogP contribution < -0.4 is 5.32 Å². The Balaban J connectivity index is 2.46. The van der Waals surface area contributed by atoms with Crippen molar-refractivity contribution in [2.75, 3.05) is 6.54 Å². The predicted molar refractivity (Wildman–Crippen MR) is 73.2 cm³/mol. The number of aryl methyl sites for hydroxylation is 2. The maximum Gasteiger partial charge on any atom is 0.0512 e. The van der Waals surface area contributed by atoms with E-state index in [4.69, 9.17) is 0 Å². The van der Waals surface area contributed by atoms with E-state index in [1.54, 1.807) is 0 Å². The summed E-state index contributed by atoms with van der Waals surface area (Å²) in [5.41, 5.74) is 4.02. The van der Waals surface area contributed by atoms with Gasteiger partial charge in [0.25, 0.3) is 0 Å². The molecule has 2 nitrogen and oxygen atoms in total. The summed E-state index contributed by atoms with van der Waals surface area (Å²) >= 11 is 0. The van der Waals surface area contributed by atoms with E-state index in [0.717, 1.165) is 19.4 Å². The molecule has 0 spiro atoms. The lowest BCUT2D eigenvalue weighted by molar-refractivity contribution is 0.181. The Hall–Kier alpha value is -0.860. The number of rotatable bonds is 6. The molecule has 0 aliphatic carbocycles. The summed E-state index contributed by atoms with van der Waals surface area (Å²) in [7, 11) is 0. The minimum Gasteiger partial charge on any atom is -0.393 e. The van der Waals surface area contributed by atoms with Crippen molar-refractivity contribution in [3.05, 3.63) is 34.9 Å². The molecule has 0 saturated carbocycles. The zero-order valence-electron chi connectivity index (χ0n) is 11.5. The second-order valence-corrected chi connectivity index (χ2v) is 5.03. The van der Waals surface area contributed by atoms with Gasteiger partial charge in [-0.25, -0.2) is 0 Å². The molecule has 2 unspecified atom stereocenters. The van der Waals surface area contributed by atoms with E-state index in [0.29, 0.717) is 6.04 Å².